The summed E-state index contributed by atoms with van der Waals surface area (Å²) in [6.45, 7) is 7.27. The van der Waals surface area contributed by atoms with Gasteiger partial charge in [0.15, 0.2) is 0 Å². The number of amides is 1. The van der Waals surface area contributed by atoms with Gasteiger partial charge in [-0.15, -0.1) is 0 Å². The number of hydrogen-bond donors (Lipinski definition) is 0. The van der Waals surface area contributed by atoms with Crippen LogP contribution in [0.1, 0.15) is 52.9 Å². The Morgan fingerprint density at radius 2 is 1.87 bits per heavy atom. The molecular weight excluding hydrogens is 186 g/mol. The van der Waals surface area contributed by atoms with Crippen LogP contribution in [0.3, 0.4) is 0 Å². The van der Waals surface area contributed by atoms with Crippen molar-refractivity contribution in [2.45, 2.75) is 58.9 Å². The molecule has 1 heterocycles. The Kier molecular flexibility index (Phi) is 2.78. The predicted octanol–water partition coefficient (Wildman–Crippen LogP) is 2.82. The van der Waals surface area contributed by atoms with Crippen LogP contribution in [0.5, 0.6) is 0 Å². The second-order valence-corrected chi connectivity index (χ2v) is 5.76. The molecule has 0 bridgehead atoms. The topological polar surface area (TPSA) is 20.3 Å². The van der Waals surface area contributed by atoms with Crippen molar-refractivity contribution >= 4 is 5.91 Å². The highest BCUT2D eigenvalue weighted by atomic mass is 16.2. The molecule has 1 aliphatic carbocycles. The van der Waals surface area contributed by atoms with Crippen LogP contribution < -0.4 is 0 Å². The average Bonchev–Trinajstić information content (AvgIpc) is 2.14. The van der Waals surface area contributed by atoms with E-state index in [1.54, 1.807) is 6.92 Å². The molecule has 0 radical (unpaired) electrons. The monoisotopic (exact) mass is 209 g/mol. The van der Waals surface area contributed by atoms with E-state index in [1.807, 2.05) is 0 Å². The van der Waals surface area contributed by atoms with Gasteiger partial charge >= 0.3 is 0 Å². The lowest BCUT2D eigenvalue weighted by molar-refractivity contribution is -0.163. The van der Waals surface area contributed by atoms with Crippen LogP contribution in [0.25, 0.3) is 0 Å². The highest BCUT2D eigenvalue weighted by Crippen LogP contribution is 2.51. The van der Waals surface area contributed by atoms with Crippen molar-refractivity contribution in [3.63, 3.8) is 0 Å². The van der Waals surface area contributed by atoms with Crippen molar-refractivity contribution in [3.8, 4) is 0 Å². The summed E-state index contributed by atoms with van der Waals surface area (Å²) in [7, 11) is 0. The van der Waals surface area contributed by atoms with Crippen LogP contribution >= 0.6 is 0 Å². The predicted molar refractivity (Wildman–Crippen MR) is 61.5 cm³/mol. The van der Waals surface area contributed by atoms with E-state index in [1.165, 1.54) is 32.1 Å². The molecule has 2 fully saturated rings. The fourth-order valence-corrected chi connectivity index (χ4v) is 3.83. The van der Waals surface area contributed by atoms with Crippen LogP contribution in [-0.2, 0) is 4.79 Å². The summed E-state index contributed by atoms with van der Waals surface area (Å²) < 4.78 is 0. The van der Waals surface area contributed by atoms with Gasteiger partial charge in [-0.2, -0.15) is 0 Å². The zero-order valence-corrected chi connectivity index (χ0v) is 10.3. The lowest BCUT2D eigenvalue weighted by atomic mass is 9.60. The number of carbonyl (C=O) groups is 1. The maximum atomic E-state index is 11.5. The van der Waals surface area contributed by atoms with E-state index in [0.29, 0.717) is 17.4 Å². The second-order valence-electron chi connectivity index (χ2n) is 5.76. The van der Waals surface area contributed by atoms with Crippen LogP contribution in [0, 0.1) is 11.3 Å². The maximum Gasteiger partial charge on any atom is 0.219 e. The van der Waals surface area contributed by atoms with Crippen LogP contribution in [0.4, 0.5) is 0 Å². The number of carbonyl (C=O) groups excluding carboxylic acids is 1. The summed E-state index contributed by atoms with van der Waals surface area (Å²) in [5.74, 6) is 0.880. The Labute approximate surface area is 93.0 Å². The first-order valence-electron chi connectivity index (χ1n) is 6.34. The number of rotatable bonds is 1. The summed E-state index contributed by atoms with van der Waals surface area (Å²) >= 11 is 0. The van der Waals surface area contributed by atoms with Gasteiger partial charge in [-0.3, -0.25) is 4.79 Å². The van der Waals surface area contributed by atoms with E-state index in [-0.39, 0.29) is 5.91 Å². The third-order valence-electron chi connectivity index (χ3n) is 4.33. The third-order valence-corrected chi connectivity index (χ3v) is 4.33. The molecule has 2 aliphatic rings. The molecule has 2 rings (SSSR count). The first kappa shape index (κ1) is 11.0. The Bertz CT molecular complexity index is 253. The Balaban J connectivity index is 2.11. The van der Waals surface area contributed by atoms with E-state index in [0.717, 1.165) is 6.54 Å². The zero-order valence-electron chi connectivity index (χ0n) is 10.3. The van der Waals surface area contributed by atoms with Gasteiger partial charge in [0.25, 0.3) is 0 Å². The summed E-state index contributed by atoms with van der Waals surface area (Å²) in [5, 5.41) is 0. The fourth-order valence-electron chi connectivity index (χ4n) is 3.83. The molecule has 0 aromatic heterocycles. The molecule has 1 aliphatic heterocycles. The minimum atomic E-state index is 0.268. The molecule has 0 aromatic rings. The molecule has 1 atom stereocenters. The van der Waals surface area contributed by atoms with Gasteiger partial charge in [-0.1, -0.05) is 33.1 Å². The summed E-state index contributed by atoms with van der Waals surface area (Å²) in [6, 6.07) is 0.523. The van der Waals surface area contributed by atoms with Gasteiger partial charge < -0.3 is 4.90 Å². The molecule has 15 heavy (non-hydrogen) atoms. The third kappa shape index (κ3) is 1.68. The molecule has 1 unspecified atom stereocenters. The first-order valence-corrected chi connectivity index (χ1v) is 6.34. The van der Waals surface area contributed by atoms with Crippen molar-refractivity contribution in [1.29, 1.82) is 0 Å². The average molecular weight is 209 g/mol. The smallest absolute Gasteiger partial charge is 0.219 e. The largest absolute Gasteiger partial charge is 0.338 e. The highest BCUT2D eigenvalue weighted by molar-refractivity contribution is 5.75. The van der Waals surface area contributed by atoms with Crippen LogP contribution in [-0.4, -0.2) is 23.4 Å². The Hall–Kier alpha value is -0.530. The molecule has 86 valence electrons. The fraction of sp³-hybridized carbons (Fsp3) is 0.923. The molecule has 2 nitrogen and oxygen atoms in total. The van der Waals surface area contributed by atoms with Crippen molar-refractivity contribution in [2.24, 2.45) is 11.3 Å². The van der Waals surface area contributed by atoms with E-state index in [9.17, 15) is 4.79 Å². The van der Waals surface area contributed by atoms with Gasteiger partial charge in [0.1, 0.15) is 0 Å². The van der Waals surface area contributed by atoms with Crippen LogP contribution in [0.2, 0.25) is 0 Å². The van der Waals surface area contributed by atoms with E-state index in [2.05, 4.69) is 18.7 Å². The lowest BCUT2D eigenvalue weighted by Crippen LogP contribution is -2.68. The minimum Gasteiger partial charge on any atom is -0.338 e. The van der Waals surface area contributed by atoms with E-state index in [4.69, 9.17) is 0 Å². The van der Waals surface area contributed by atoms with Crippen molar-refractivity contribution in [1.82, 2.24) is 4.90 Å². The number of likely N-dealkylation sites (tertiary alicyclic amines) is 1. The SMILES string of the molecule is CC(=O)N1CC2(CCCCC2)C1C(C)C. The summed E-state index contributed by atoms with van der Waals surface area (Å²) in [4.78, 5) is 13.6. The molecule has 2 heteroatoms. The zero-order chi connectivity index (χ0) is 11.1. The van der Waals surface area contributed by atoms with Crippen molar-refractivity contribution in [3.05, 3.63) is 0 Å². The molecular formula is C13H23NO. The molecule has 1 spiro atoms. The van der Waals surface area contributed by atoms with Crippen molar-refractivity contribution < 1.29 is 4.79 Å². The number of hydrogen-bond acceptors (Lipinski definition) is 1. The molecule has 1 saturated heterocycles. The Morgan fingerprint density at radius 1 is 1.27 bits per heavy atom. The quantitative estimate of drug-likeness (QED) is 0.650. The molecule has 0 aromatic carbocycles. The first-order chi connectivity index (χ1) is 7.07. The van der Waals surface area contributed by atoms with Gasteiger partial charge in [0.05, 0.1) is 0 Å². The standard InChI is InChI=1S/C13H23NO/c1-10(2)12-13(7-5-4-6-8-13)9-14(12)11(3)15/h10,12H,4-9H2,1-3H3. The normalized spacial score (nSPS) is 29.3. The number of nitrogens with zero attached hydrogens (tertiary/aromatic N) is 1. The molecule has 0 N–H and O–H groups in total. The summed E-state index contributed by atoms with van der Waals surface area (Å²) in [6.07, 6.45) is 6.83. The minimum absolute atomic E-state index is 0.268. The molecule has 1 saturated carbocycles. The second kappa shape index (κ2) is 3.80. The van der Waals surface area contributed by atoms with E-state index < -0.39 is 0 Å². The van der Waals surface area contributed by atoms with Gasteiger partial charge in [-0.25, -0.2) is 0 Å². The Morgan fingerprint density at radius 3 is 2.33 bits per heavy atom. The molecule has 1 amide bonds. The van der Waals surface area contributed by atoms with Crippen LogP contribution in [0.15, 0.2) is 0 Å². The van der Waals surface area contributed by atoms with E-state index >= 15 is 0 Å². The van der Waals surface area contributed by atoms with Crippen molar-refractivity contribution in [2.75, 3.05) is 6.54 Å². The van der Waals surface area contributed by atoms with Gasteiger partial charge in [0, 0.05) is 24.9 Å². The summed E-state index contributed by atoms with van der Waals surface area (Å²) in [5.41, 5.74) is 0.498. The highest BCUT2D eigenvalue weighted by Gasteiger charge is 2.54. The maximum absolute atomic E-state index is 11.5. The van der Waals surface area contributed by atoms with Gasteiger partial charge in [0.2, 0.25) is 5.91 Å². The van der Waals surface area contributed by atoms with Gasteiger partial charge in [-0.05, 0) is 18.8 Å². The lowest BCUT2D eigenvalue weighted by Gasteiger charge is -2.61.